The molecule has 2 rings (SSSR count). The van der Waals surface area contributed by atoms with Gasteiger partial charge in [-0.3, -0.25) is 0 Å². The van der Waals surface area contributed by atoms with Crippen molar-refractivity contribution in [2.24, 2.45) is 0 Å². The number of nitrogens with two attached hydrogens (primary N) is 1. The molecule has 0 saturated heterocycles. The van der Waals surface area contributed by atoms with Crippen molar-refractivity contribution in [1.82, 2.24) is 0 Å². The summed E-state index contributed by atoms with van der Waals surface area (Å²) in [6.07, 6.45) is 0. The highest BCUT2D eigenvalue weighted by Gasteiger charge is 2.07. The van der Waals surface area contributed by atoms with E-state index in [1.165, 1.54) is 30.0 Å². The minimum absolute atomic E-state index is 0.353. The van der Waals surface area contributed by atoms with Crippen LogP contribution in [0.5, 0.6) is 0 Å². The Bertz CT molecular complexity index is 652. The highest BCUT2D eigenvalue weighted by Crippen LogP contribution is 2.32. The summed E-state index contributed by atoms with van der Waals surface area (Å²) >= 11 is 7.47. The fourth-order valence-electron chi connectivity index (χ4n) is 1.58. The number of nitrogen functional groups attached to an aromatic ring is 1. The largest absolute Gasteiger partial charge is 0.399 e. The number of rotatable bonds is 3. The van der Waals surface area contributed by atoms with Crippen LogP contribution in [0, 0.1) is 17.1 Å². The fraction of sp³-hybridized carbons (Fsp3) is 0.0714. The van der Waals surface area contributed by atoms with Gasteiger partial charge < -0.3 is 5.73 Å². The number of halogens is 2. The molecule has 0 unspecified atom stereocenters. The molecule has 0 aliphatic rings. The zero-order valence-corrected chi connectivity index (χ0v) is 11.4. The van der Waals surface area contributed by atoms with Crippen LogP contribution in [0.1, 0.15) is 11.1 Å². The average molecular weight is 293 g/mol. The molecule has 0 fully saturated rings. The predicted octanol–water partition coefficient (Wildman–Crippen LogP) is 4.23. The van der Waals surface area contributed by atoms with Crippen molar-refractivity contribution in [3.8, 4) is 6.07 Å². The highest BCUT2D eigenvalue weighted by molar-refractivity contribution is 7.98. The van der Waals surface area contributed by atoms with Crippen LogP contribution in [0.2, 0.25) is 5.02 Å². The average Bonchev–Trinajstić information content (AvgIpc) is 2.40. The van der Waals surface area contributed by atoms with E-state index in [1.54, 1.807) is 18.2 Å². The van der Waals surface area contributed by atoms with Gasteiger partial charge in [0.15, 0.2) is 0 Å². The van der Waals surface area contributed by atoms with Crippen LogP contribution < -0.4 is 5.73 Å². The summed E-state index contributed by atoms with van der Waals surface area (Å²) in [5, 5.41) is 9.57. The fourth-order valence-corrected chi connectivity index (χ4v) is 2.83. The Morgan fingerprint density at radius 1 is 1.26 bits per heavy atom. The minimum atomic E-state index is -0.353. The van der Waals surface area contributed by atoms with Crippen molar-refractivity contribution >= 4 is 29.1 Å². The third-order valence-corrected chi connectivity index (χ3v) is 4.07. The molecule has 0 aliphatic carbocycles. The van der Waals surface area contributed by atoms with E-state index >= 15 is 0 Å². The summed E-state index contributed by atoms with van der Waals surface area (Å²) in [6.45, 7) is 0. The van der Waals surface area contributed by atoms with E-state index in [1.807, 2.05) is 6.07 Å². The van der Waals surface area contributed by atoms with Gasteiger partial charge in [0.1, 0.15) is 5.82 Å². The lowest BCUT2D eigenvalue weighted by molar-refractivity contribution is 0.626. The van der Waals surface area contributed by atoms with Crippen molar-refractivity contribution < 1.29 is 4.39 Å². The number of thioether (sulfide) groups is 1. The van der Waals surface area contributed by atoms with E-state index in [2.05, 4.69) is 0 Å². The Morgan fingerprint density at radius 2 is 2.05 bits per heavy atom. The van der Waals surface area contributed by atoms with Crippen LogP contribution in [0.25, 0.3) is 0 Å². The second-order valence-electron chi connectivity index (χ2n) is 3.89. The maximum Gasteiger partial charge on any atom is 0.123 e. The van der Waals surface area contributed by atoms with Gasteiger partial charge in [0.05, 0.1) is 16.7 Å². The quantitative estimate of drug-likeness (QED) is 0.680. The number of nitrogens with zero attached hydrogens (tertiary/aromatic N) is 1. The molecule has 0 aromatic heterocycles. The summed E-state index contributed by atoms with van der Waals surface area (Å²) in [6, 6.07) is 11.4. The van der Waals surface area contributed by atoms with Crippen LogP contribution in [-0.2, 0) is 5.75 Å². The van der Waals surface area contributed by atoms with Crippen molar-refractivity contribution in [2.75, 3.05) is 5.73 Å². The van der Waals surface area contributed by atoms with Crippen LogP contribution in [0.3, 0.4) is 0 Å². The Kier molecular flexibility index (Phi) is 4.31. The second kappa shape index (κ2) is 5.96. The Balaban J connectivity index is 2.21. The second-order valence-corrected chi connectivity index (χ2v) is 5.32. The lowest BCUT2D eigenvalue weighted by Crippen LogP contribution is -1.90. The highest BCUT2D eigenvalue weighted by atomic mass is 35.5. The molecule has 2 aromatic carbocycles. The van der Waals surface area contributed by atoms with E-state index in [0.717, 1.165) is 4.90 Å². The first-order valence-electron chi connectivity index (χ1n) is 5.46. The van der Waals surface area contributed by atoms with Crippen LogP contribution >= 0.6 is 23.4 Å². The van der Waals surface area contributed by atoms with E-state index in [0.29, 0.717) is 27.6 Å². The monoisotopic (exact) mass is 292 g/mol. The molecule has 2 nitrogen and oxygen atoms in total. The lowest BCUT2D eigenvalue weighted by Gasteiger charge is -2.07. The predicted molar refractivity (Wildman–Crippen MR) is 76.5 cm³/mol. The van der Waals surface area contributed by atoms with Gasteiger partial charge in [-0.15, -0.1) is 11.8 Å². The minimum Gasteiger partial charge on any atom is -0.399 e. The van der Waals surface area contributed by atoms with Crippen LogP contribution in [0.4, 0.5) is 10.1 Å². The summed E-state index contributed by atoms with van der Waals surface area (Å²) < 4.78 is 13.2. The van der Waals surface area contributed by atoms with Crippen LogP contribution in [-0.4, -0.2) is 0 Å². The molecule has 0 spiro atoms. The molecule has 0 aliphatic heterocycles. The van der Waals surface area contributed by atoms with Crippen molar-refractivity contribution in [3.63, 3.8) is 0 Å². The van der Waals surface area contributed by atoms with Gasteiger partial charge in [-0.05, 0) is 42.0 Å². The first-order chi connectivity index (χ1) is 9.10. The van der Waals surface area contributed by atoms with E-state index < -0.39 is 0 Å². The summed E-state index contributed by atoms with van der Waals surface area (Å²) in [5.74, 6) is 0.109. The molecule has 2 N–H and O–H groups in total. The summed E-state index contributed by atoms with van der Waals surface area (Å²) in [7, 11) is 0. The molecule has 2 aromatic rings. The van der Waals surface area contributed by atoms with Gasteiger partial charge in [0.2, 0.25) is 0 Å². The molecule has 0 amide bonds. The Morgan fingerprint density at radius 3 is 2.79 bits per heavy atom. The molecular weight excluding hydrogens is 283 g/mol. The molecule has 0 saturated carbocycles. The smallest absolute Gasteiger partial charge is 0.123 e. The molecule has 19 heavy (non-hydrogen) atoms. The van der Waals surface area contributed by atoms with Gasteiger partial charge in [0.25, 0.3) is 0 Å². The van der Waals surface area contributed by atoms with E-state index in [9.17, 15) is 4.39 Å². The summed E-state index contributed by atoms with van der Waals surface area (Å²) in [5.41, 5.74) is 7.42. The lowest BCUT2D eigenvalue weighted by atomic mass is 10.1. The molecule has 96 valence electrons. The first kappa shape index (κ1) is 13.7. The maximum absolute atomic E-state index is 13.2. The SMILES string of the molecule is N#Cc1ccc(F)cc1CSc1cc(N)ccc1Cl. The third-order valence-electron chi connectivity index (χ3n) is 2.53. The number of hydrogen-bond acceptors (Lipinski definition) is 3. The maximum atomic E-state index is 13.2. The van der Waals surface area contributed by atoms with Gasteiger partial charge in [-0.25, -0.2) is 4.39 Å². The molecular formula is C14H10ClFN2S. The van der Waals surface area contributed by atoms with E-state index in [-0.39, 0.29) is 5.82 Å². The molecule has 0 bridgehead atoms. The number of anilines is 1. The van der Waals surface area contributed by atoms with Gasteiger partial charge in [-0.1, -0.05) is 11.6 Å². The van der Waals surface area contributed by atoms with Crippen molar-refractivity contribution in [2.45, 2.75) is 10.6 Å². The molecule has 5 heteroatoms. The topological polar surface area (TPSA) is 49.8 Å². The molecule has 0 radical (unpaired) electrons. The zero-order valence-electron chi connectivity index (χ0n) is 9.86. The van der Waals surface area contributed by atoms with Crippen molar-refractivity contribution in [1.29, 1.82) is 5.26 Å². The third kappa shape index (κ3) is 3.40. The number of benzene rings is 2. The Labute approximate surface area is 120 Å². The van der Waals surface area contributed by atoms with E-state index in [4.69, 9.17) is 22.6 Å². The molecule has 0 heterocycles. The zero-order chi connectivity index (χ0) is 13.8. The summed E-state index contributed by atoms with van der Waals surface area (Å²) in [4.78, 5) is 0.815. The number of nitriles is 1. The van der Waals surface area contributed by atoms with Crippen LogP contribution in [0.15, 0.2) is 41.3 Å². The van der Waals surface area contributed by atoms with Crippen molar-refractivity contribution in [3.05, 3.63) is 58.4 Å². The molecule has 0 atom stereocenters. The van der Waals surface area contributed by atoms with Gasteiger partial charge in [-0.2, -0.15) is 5.26 Å². The number of hydrogen-bond donors (Lipinski definition) is 1. The Hall–Kier alpha value is -1.70. The van der Waals surface area contributed by atoms with Gasteiger partial charge in [0, 0.05) is 16.3 Å². The first-order valence-corrected chi connectivity index (χ1v) is 6.83. The normalized spacial score (nSPS) is 10.2. The standard InChI is InChI=1S/C14H10ClFN2S/c15-13-4-3-12(18)6-14(13)19-8-10-5-11(16)2-1-9(10)7-17/h1-6H,8,18H2. The van der Waals surface area contributed by atoms with Gasteiger partial charge >= 0.3 is 0 Å².